The zero-order chi connectivity index (χ0) is 19.3. The number of hydrogen-bond acceptors (Lipinski definition) is 5. The average molecular weight is 393 g/mol. The number of benzene rings is 1. The van der Waals surface area contributed by atoms with Gasteiger partial charge in [0.05, 0.1) is 5.69 Å². The van der Waals surface area contributed by atoms with Crippen LogP contribution >= 0.6 is 11.3 Å². The highest BCUT2D eigenvalue weighted by atomic mass is 32.1. The van der Waals surface area contributed by atoms with Crippen LogP contribution in [0.1, 0.15) is 33.8 Å². The third-order valence-electron chi connectivity index (χ3n) is 5.10. The zero-order valence-corrected chi connectivity index (χ0v) is 16.8. The topological polar surface area (TPSA) is 58.1 Å². The maximum atomic E-state index is 12.8. The number of carbonyl (C=O) groups is 1. The fourth-order valence-electron chi connectivity index (χ4n) is 3.55. The molecule has 3 heterocycles. The minimum absolute atomic E-state index is 0.00295. The number of amides is 1. The first-order valence-electron chi connectivity index (χ1n) is 9.64. The van der Waals surface area contributed by atoms with Crippen molar-refractivity contribution in [2.45, 2.75) is 32.4 Å². The van der Waals surface area contributed by atoms with E-state index in [4.69, 9.17) is 0 Å². The number of pyridine rings is 1. The van der Waals surface area contributed by atoms with Crippen LogP contribution in [0.5, 0.6) is 0 Å². The van der Waals surface area contributed by atoms with E-state index in [2.05, 4.69) is 44.5 Å². The van der Waals surface area contributed by atoms with E-state index in [-0.39, 0.29) is 11.9 Å². The number of piperidine rings is 1. The lowest BCUT2D eigenvalue weighted by atomic mass is 10.0. The van der Waals surface area contributed by atoms with Crippen LogP contribution in [0.2, 0.25) is 0 Å². The highest BCUT2D eigenvalue weighted by molar-refractivity contribution is 7.17. The molecule has 4 rings (SSSR count). The molecule has 0 unspecified atom stereocenters. The summed E-state index contributed by atoms with van der Waals surface area (Å²) in [7, 11) is 0. The van der Waals surface area contributed by atoms with Gasteiger partial charge in [0.25, 0.3) is 5.91 Å². The van der Waals surface area contributed by atoms with Crippen molar-refractivity contribution in [2.24, 2.45) is 0 Å². The van der Waals surface area contributed by atoms with Gasteiger partial charge in [-0.3, -0.25) is 14.7 Å². The molecule has 6 heteroatoms. The van der Waals surface area contributed by atoms with Gasteiger partial charge in [-0.25, -0.2) is 4.98 Å². The summed E-state index contributed by atoms with van der Waals surface area (Å²) in [5.41, 5.74) is 3.13. The number of nitrogens with one attached hydrogen (secondary N) is 1. The number of rotatable bonds is 5. The van der Waals surface area contributed by atoms with E-state index < -0.39 is 0 Å². The van der Waals surface area contributed by atoms with Crippen LogP contribution in [0.15, 0.2) is 54.9 Å². The van der Waals surface area contributed by atoms with Gasteiger partial charge in [-0.15, -0.1) is 11.3 Å². The van der Waals surface area contributed by atoms with Crippen molar-refractivity contribution in [3.05, 3.63) is 71.0 Å². The predicted molar refractivity (Wildman–Crippen MR) is 112 cm³/mol. The molecule has 0 saturated carbocycles. The van der Waals surface area contributed by atoms with E-state index in [9.17, 15) is 4.79 Å². The van der Waals surface area contributed by atoms with Gasteiger partial charge in [-0.1, -0.05) is 30.3 Å². The summed E-state index contributed by atoms with van der Waals surface area (Å²) in [6.07, 6.45) is 5.45. The molecule has 0 spiro atoms. The van der Waals surface area contributed by atoms with Gasteiger partial charge in [-0.2, -0.15) is 0 Å². The standard InChI is InChI=1S/C22H24N4OS/c1-16-20(28-22(24-16)18-7-11-23-12-8-18)21(27)25-19-9-13-26(14-10-19)15-17-5-3-2-4-6-17/h2-8,11-12,19H,9-10,13-15H2,1H3,(H,25,27). The number of carbonyl (C=O) groups excluding carboxylic acids is 1. The largest absolute Gasteiger partial charge is 0.348 e. The zero-order valence-electron chi connectivity index (χ0n) is 16.0. The van der Waals surface area contributed by atoms with Crippen molar-refractivity contribution in [3.8, 4) is 10.6 Å². The van der Waals surface area contributed by atoms with Crippen molar-refractivity contribution < 1.29 is 4.79 Å². The first-order chi connectivity index (χ1) is 13.7. The molecule has 2 aromatic heterocycles. The molecule has 144 valence electrons. The van der Waals surface area contributed by atoms with E-state index in [1.807, 2.05) is 25.1 Å². The molecule has 1 N–H and O–H groups in total. The first-order valence-corrected chi connectivity index (χ1v) is 10.5. The highest BCUT2D eigenvalue weighted by Gasteiger charge is 2.23. The molecule has 1 fully saturated rings. The minimum atomic E-state index is -0.00295. The van der Waals surface area contributed by atoms with E-state index in [1.165, 1.54) is 16.9 Å². The molecule has 0 bridgehead atoms. The third kappa shape index (κ3) is 4.46. The van der Waals surface area contributed by atoms with E-state index in [0.29, 0.717) is 4.88 Å². The second-order valence-corrected chi connectivity index (χ2v) is 8.18. The Kier molecular flexibility index (Phi) is 5.78. The lowest BCUT2D eigenvalue weighted by Gasteiger charge is -2.32. The molecule has 3 aromatic rings. The quantitative estimate of drug-likeness (QED) is 0.715. The number of aryl methyl sites for hydroxylation is 1. The maximum Gasteiger partial charge on any atom is 0.263 e. The Balaban J connectivity index is 1.33. The predicted octanol–water partition coefficient (Wildman–Crippen LogP) is 3.91. The number of nitrogens with zero attached hydrogens (tertiary/aromatic N) is 3. The van der Waals surface area contributed by atoms with Gasteiger partial charge in [0.15, 0.2) is 0 Å². The molecular weight excluding hydrogens is 368 g/mol. The van der Waals surface area contributed by atoms with E-state index in [1.54, 1.807) is 12.4 Å². The van der Waals surface area contributed by atoms with Gasteiger partial charge >= 0.3 is 0 Å². The Morgan fingerprint density at radius 2 is 1.86 bits per heavy atom. The van der Waals surface area contributed by atoms with Gasteiger partial charge < -0.3 is 5.32 Å². The van der Waals surface area contributed by atoms with Gasteiger partial charge in [-0.05, 0) is 37.5 Å². The number of hydrogen-bond donors (Lipinski definition) is 1. The van der Waals surface area contributed by atoms with Crippen LogP contribution in [0.25, 0.3) is 10.6 Å². The van der Waals surface area contributed by atoms with Gasteiger partial charge in [0.1, 0.15) is 9.88 Å². The summed E-state index contributed by atoms with van der Waals surface area (Å²) in [6.45, 7) is 4.89. The van der Waals surface area contributed by atoms with Crippen LogP contribution in [0.3, 0.4) is 0 Å². The Morgan fingerprint density at radius 3 is 2.57 bits per heavy atom. The Morgan fingerprint density at radius 1 is 1.14 bits per heavy atom. The summed E-state index contributed by atoms with van der Waals surface area (Å²) in [4.78, 5) is 24.6. The van der Waals surface area contributed by atoms with Crippen LogP contribution in [0.4, 0.5) is 0 Å². The SMILES string of the molecule is Cc1nc(-c2ccncc2)sc1C(=O)NC1CCN(Cc2ccccc2)CC1. The van der Waals surface area contributed by atoms with Crippen molar-refractivity contribution in [1.82, 2.24) is 20.2 Å². The lowest BCUT2D eigenvalue weighted by Crippen LogP contribution is -2.44. The molecule has 28 heavy (non-hydrogen) atoms. The fourth-order valence-corrected chi connectivity index (χ4v) is 4.53. The second-order valence-electron chi connectivity index (χ2n) is 7.18. The van der Waals surface area contributed by atoms with Crippen molar-refractivity contribution in [2.75, 3.05) is 13.1 Å². The Hall–Kier alpha value is -2.57. The summed E-state index contributed by atoms with van der Waals surface area (Å²) in [6, 6.07) is 14.6. The van der Waals surface area contributed by atoms with Crippen LogP contribution in [0, 0.1) is 6.92 Å². The summed E-state index contributed by atoms with van der Waals surface area (Å²) >= 11 is 1.45. The summed E-state index contributed by atoms with van der Waals surface area (Å²) in [5.74, 6) is -0.00295. The molecule has 1 aliphatic heterocycles. The second kappa shape index (κ2) is 8.63. The smallest absolute Gasteiger partial charge is 0.263 e. The van der Waals surface area contributed by atoms with E-state index >= 15 is 0 Å². The van der Waals surface area contributed by atoms with Gasteiger partial charge in [0, 0.05) is 43.6 Å². The molecule has 0 atom stereocenters. The molecule has 5 nitrogen and oxygen atoms in total. The third-order valence-corrected chi connectivity index (χ3v) is 6.31. The molecule has 1 amide bonds. The Labute approximate surface area is 169 Å². The molecule has 1 aromatic carbocycles. The van der Waals surface area contributed by atoms with E-state index in [0.717, 1.165) is 48.7 Å². The summed E-state index contributed by atoms with van der Waals surface area (Å²) < 4.78 is 0. The minimum Gasteiger partial charge on any atom is -0.348 e. The molecule has 0 aliphatic carbocycles. The average Bonchev–Trinajstić information content (AvgIpc) is 3.13. The first kappa shape index (κ1) is 18.8. The van der Waals surface area contributed by atoms with Crippen molar-refractivity contribution >= 4 is 17.2 Å². The fraction of sp³-hybridized carbons (Fsp3) is 0.318. The molecule has 1 saturated heterocycles. The number of likely N-dealkylation sites (tertiary alicyclic amines) is 1. The van der Waals surface area contributed by atoms with Crippen LogP contribution in [-0.2, 0) is 6.54 Å². The van der Waals surface area contributed by atoms with Crippen LogP contribution < -0.4 is 5.32 Å². The summed E-state index contributed by atoms with van der Waals surface area (Å²) in [5, 5.41) is 4.08. The number of aromatic nitrogens is 2. The number of thiazole rings is 1. The van der Waals surface area contributed by atoms with Crippen molar-refractivity contribution in [3.63, 3.8) is 0 Å². The van der Waals surface area contributed by atoms with Gasteiger partial charge in [0.2, 0.25) is 0 Å². The molecule has 0 radical (unpaired) electrons. The monoisotopic (exact) mass is 392 g/mol. The Bertz CT molecular complexity index is 918. The highest BCUT2D eigenvalue weighted by Crippen LogP contribution is 2.27. The molecule has 1 aliphatic rings. The molecular formula is C22H24N4OS. The maximum absolute atomic E-state index is 12.8. The lowest BCUT2D eigenvalue weighted by molar-refractivity contribution is 0.0912. The normalized spacial score (nSPS) is 15.5. The van der Waals surface area contributed by atoms with Crippen LogP contribution in [-0.4, -0.2) is 39.9 Å². The van der Waals surface area contributed by atoms with Crippen molar-refractivity contribution in [1.29, 1.82) is 0 Å².